The van der Waals surface area contributed by atoms with Gasteiger partial charge in [-0.1, -0.05) is 30.3 Å². The van der Waals surface area contributed by atoms with Gasteiger partial charge in [0.1, 0.15) is 0 Å². The largest absolute Gasteiger partial charge is 0.326 e. The molecule has 1 aromatic rings. The number of nitrogens with zero attached hydrogens (tertiary/aromatic N) is 2. The van der Waals surface area contributed by atoms with Gasteiger partial charge in [0.15, 0.2) is 0 Å². The Balaban J connectivity index is 1.70. The number of benzene rings is 1. The Labute approximate surface area is 122 Å². The Morgan fingerprint density at radius 3 is 2.45 bits per heavy atom. The Hall–Kier alpha value is -0.900. The van der Waals surface area contributed by atoms with Gasteiger partial charge in [-0.3, -0.25) is 9.80 Å². The molecule has 0 aliphatic carbocycles. The standard InChI is InChI=1S/C17H27N3/c1-14(18)17(15-7-3-2-4-8-15)20-12-9-16(13-20)19-10-5-6-11-19/h2-4,7-8,14,16-17H,5-6,9-13,18H2,1H3. The third kappa shape index (κ3) is 2.90. The first kappa shape index (κ1) is 14.1. The van der Waals surface area contributed by atoms with Crippen molar-refractivity contribution >= 4 is 0 Å². The summed E-state index contributed by atoms with van der Waals surface area (Å²) in [6.45, 7) is 7.10. The zero-order valence-electron chi connectivity index (χ0n) is 12.5. The van der Waals surface area contributed by atoms with Crippen LogP contribution in [0.15, 0.2) is 30.3 Å². The Bertz CT molecular complexity index is 412. The molecule has 0 spiro atoms. The van der Waals surface area contributed by atoms with Crippen molar-refractivity contribution in [3.05, 3.63) is 35.9 Å². The molecule has 2 aliphatic rings. The average molecular weight is 273 g/mol. The first-order valence-electron chi connectivity index (χ1n) is 8.04. The van der Waals surface area contributed by atoms with E-state index in [4.69, 9.17) is 5.73 Å². The van der Waals surface area contributed by atoms with Gasteiger partial charge in [-0.05, 0) is 44.8 Å². The summed E-state index contributed by atoms with van der Waals surface area (Å²) in [5.74, 6) is 0. The van der Waals surface area contributed by atoms with Crippen molar-refractivity contribution in [1.29, 1.82) is 0 Å². The highest BCUT2D eigenvalue weighted by Crippen LogP contribution is 2.30. The molecule has 0 bridgehead atoms. The summed E-state index contributed by atoms with van der Waals surface area (Å²) in [6, 6.07) is 12.1. The maximum atomic E-state index is 6.29. The van der Waals surface area contributed by atoms with E-state index >= 15 is 0 Å². The zero-order chi connectivity index (χ0) is 13.9. The summed E-state index contributed by atoms with van der Waals surface area (Å²) in [6.07, 6.45) is 4.06. The molecule has 3 rings (SSSR count). The van der Waals surface area contributed by atoms with Gasteiger partial charge in [-0.15, -0.1) is 0 Å². The maximum absolute atomic E-state index is 6.29. The molecular weight excluding hydrogens is 246 g/mol. The van der Waals surface area contributed by atoms with Gasteiger partial charge in [-0.25, -0.2) is 0 Å². The van der Waals surface area contributed by atoms with Crippen molar-refractivity contribution in [2.45, 2.75) is 44.3 Å². The van der Waals surface area contributed by atoms with E-state index < -0.39 is 0 Å². The van der Waals surface area contributed by atoms with Gasteiger partial charge in [0.05, 0.1) is 0 Å². The number of hydrogen-bond donors (Lipinski definition) is 1. The molecule has 2 aliphatic heterocycles. The smallest absolute Gasteiger partial charge is 0.0497 e. The predicted molar refractivity (Wildman–Crippen MR) is 83.6 cm³/mol. The summed E-state index contributed by atoms with van der Waals surface area (Å²) in [5, 5.41) is 0. The van der Waals surface area contributed by atoms with Crippen LogP contribution < -0.4 is 5.73 Å². The van der Waals surface area contributed by atoms with Crippen molar-refractivity contribution in [2.24, 2.45) is 5.73 Å². The molecule has 110 valence electrons. The number of hydrogen-bond acceptors (Lipinski definition) is 3. The molecule has 2 fully saturated rings. The zero-order valence-corrected chi connectivity index (χ0v) is 12.5. The molecule has 20 heavy (non-hydrogen) atoms. The molecule has 3 nitrogen and oxygen atoms in total. The van der Waals surface area contributed by atoms with Gasteiger partial charge in [0, 0.05) is 31.2 Å². The molecule has 0 radical (unpaired) electrons. The first-order valence-corrected chi connectivity index (χ1v) is 8.04. The van der Waals surface area contributed by atoms with Crippen LogP contribution in [0.5, 0.6) is 0 Å². The van der Waals surface area contributed by atoms with Crippen molar-refractivity contribution in [3.63, 3.8) is 0 Å². The molecule has 0 aromatic heterocycles. The SMILES string of the molecule is CC(N)C(c1ccccc1)N1CCC(N2CCCC2)C1. The molecule has 0 amide bonds. The molecule has 0 saturated carbocycles. The lowest BCUT2D eigenvalue weighted by molar-refractivity contribution is 0.185. The van der Waals surface area contributed by atoms with E-state index in [1.807, 2.05) is 0 Å². The fraction of sp³-hybridized carbons (Fsp3) is 0.647. The number of nitrogens with two attached hydrogens (primary N) is 1. The Morgan fingerprint density at radius 2 is 1.80 bits per heavy atom. The minimum atomic E-state index is 0.176. The molecule has 3 atom stereocenters. The quantitative estimate of drug-likeness (QED) is 0.913. The van der Waals surface area contributed by atoms with Crippen molar-refractivity contribution in [3.8, 4) is 0 Å². The average Bonchev–Trinajstić information content (AvgIpc) is 3.10. The predicted octanol–water partition coefficient (Wildman–Crippen LogP) is 2.25. The highest BCUT2D eigenvalue weighted by Gasteiger charge is 2.34. The normalized spacial score (nSPS) is 27.8. The van der Waals surface area contributed by atoms with E-state index in [2.05, 4.69) is 47.1 Å². The minimum absolute atomic E-state index is 0.176. The van der Waals surface area contributed by atoms with Gasteiger partial charge in [-0.2, -0.15) is 0 Å². The highest BCUT2D eigenvalue weighted by molar-refractivity contribution is 5.21. The lowest BCUT2D eigenvalue weighted by Crippen LogP contribution is -2.41. The van der Waals surface area contributed by atoms with Gasteiger partial charge >= 0.3 is 0 Å². The number of rotatable bonds is 4. The van der Waals surface area contributed by atoms with Gasteiger partial charge in [0.25, 0.3) is 0 Å². The maximum Gasteiger partial charge on any atom is 0.0497 e. The van der Waals surface area contributed by atoms with Gasteiger partial charge in [0.2, 0.25) is 0 Å². The van der Waals surface area contributed by atoms with Crippen LogP contribution in [0.4, 0.5) is 0 Å². The summed E-state index contributed by atoms with van der Waals surface area (Å²) in [5.41, 5.74) is 7.66. The van der Waals surface area contributed by atoms with E-state index in [-0.39, 0.29) is 6.04 Å². The molecule has 1 aromatic carbocycles. The van der Waals surface area contributed by atoms with Crippen molar-refractivity contribution < 1.29 is 0 Å². The Morgan fingerprint density at radius 1 is 1.10 bits per heavy atom. The molecule has 3 unspecified atom stereocenters. The molecular formula is C17H27N3. The molecule has 2 heterocycles. The van der Waals surface area contributed by atoms with Crippen LogP contribution in [0, 0.1) is 0 Å². The topological polar surface area (TPSA) is 32.5 Å². The minimum Gasteiger partial charge on any atom is -0.326 e. The second-order valence-electron chi connectivity index (χ2n) is 6.40. The molecule has 3 heteroatoms. The van der Waals surface area contributed by atoms with Crippen LogP contribution >= 0.6 is 0 Å². The summed E-state index contributed by atoms with van der Waals surface area (Å²) in [4.78, 5) is 5.28. The van der Waals surface area contributed by atoms with Gasteiger partial charge < -0.3 is 5.73 Å². The summed E-state index contributed by atoms with van der Waals surface area (Å²) in [7, 11) is 0. The van der Waals surface area contributed by atoms with Crippen molar-refractivity contribution in [1.82, 2.24) is 9.80 Å². The monoisotopic (exact) mass is 273 g/mol. The lowest BCUT2D eigenvalue weighted by atomic mass is 10.00. The molecule has 2 N–H and O–H groups in total. The summed E-state index contributed by atoms with van der Waals surface area (Å²) >= 11 is 0. The van der Waals surface area contributed by atoms with E-state index in [0.29, 0.717) is 6.04 Å². The van der Waals surface area contributed by atoms with Crippen LogP contribution in [-0.2, 0) is 0 Å². The molecule has 2 saturated heterocycles. The first-order chi connectivity index (χ1) is 9.75. The van der Waals surface area contributed by atoms with E-state index in [1.54, 1.807) is 0 Å². The van der Waals surface area contributed by atoms with Crippen LogP contribution in [-0.4, -0.2) is 48.1 Å². The van der Waals surface area contributed by atoms with Crippen molar-refractivity contribution in [2.75, 3.05) is 26.2 Å². The van der Waals surface area contributed by atoms with E-state index in [9.17, 15) is 0 Å². The third-order valence-corrected chi connectivity index (χ3v) is 4.88. The Kier molecular flexibility index (Phi) is 4.39. The van der Waals surface area contributed by atoms with E-state index in [1.165, 1.54) is 51.0 Å². The van der Waals surface area contributed by atoms with E-state index in [0.717, 1.165) is 6.04 Å². The van der Waals surface area contributed by atoms with Crippen LogP contribution in [0.1, 0.15) is 37.8 Å². The lowest BCUT2D eigenvalue weighted by Gasteiger charge is -2.32. The highest BCUT2D eigenvalue weighted by atomic mass is 15.3. The second-order valence-corrected chi connectivity index (χ2v) is 6.40. The van der Waals surface area contributed by atoms with Crippen LogP contribution in [0.25, 0.3) is 0 Å². The van der Waals surface area contributed by atoms with Crippen LogP contribution in [0.3, 0.4) is 0 Å². The fourth-order valence-electron chi connectivity index (χ4n) is 3.92. The third-order valence-electron chi connectivity index (χ3n) is 4.88. The second kappa shape index (κ2) is 6.25. The van der Waals surface area contributed by atoms with Crippen LogP contribution in [0.2, 0.25) is 0 Å². The fourth-order valence-corrected chi connectivity index (χ4v) is 3.92. The number of likely N-dealkylation sites (tertiary alicyclic amines) is 2. The summed E-state index contributed by atoms with van der Waals surface area (Å²) < 4.78 is 0.